The lowest BCUT2D eigenvalue weighted by Gasteiger charge is -2.31. The molecule has 2 aromatic carbocycles. The maximum Gasteiger partial charge on any atom is 0.246 e. The molecular formula is C22H23N2OS+. The van der Waals surface area contributed by atoms with E-state index in [2.05, 4.69) is 47.8 Å². The van der Waals surface area contributed by atoms with E-state index in [9.17, 15) is 4.79 Å². The van der Waals surface area contributed by atoms with Crippen LogP contribution in [0.3, 0.4) is 0 Å². The summed E-state index contributed by atoms with van der Waals surface area (Å²) in [5.74, 6) is 0.125. The molecule has 0 spiro atoms. The van der Waals surface area contributed by atoms with Gasteiger partial charge in [0.05, 0.1) is 26.2 Å². The molecule has 1 aliphatic heterocycles. The maximum absolute atomic E-state index is 12.4. The third-order valence-corrected chi connectivity index (χ3v) is 5.77. The second-order valence-electron chi connectivity index (χ2n) is 6.78. The Labute approximate surface area is 158 Å². The predicted molar refractivity (Wildman–Crippen MR) is 108 cm³/mol. The Hall–Kier alpha value is -2.43. The zero-order valence-corrected chi connectivity index (χ0v) is 15.5. The van der Waals surface area contributed by atoms with Crippen molar-refractivity contribution in [2.75, 3.05) is 26.2 Å². The maximum atomic E-state index is 12.4. The monoisotopic (exact) mass is 363 g/mol. The molecule has 4 rings (SSSR count). The number of hydrogen-bond donors (Lipinski definition) is 1. The number of nitrogens with zero attached hydrogens (tertiary/aromatic N) is 1. The molecule has 1 aliphatic rings. The Bertz CT molecular complexity index is 904. The molecule has 1 fully saturated rings. The number of piperazine rings is 1. The Morgan fingerprint density at radius 1 is 1.08 bits per heavy atom. The summed E-state index contributed by atoms with van der Waals surface area (Å²) in [5.41, 5.74) is 2.50. The SMILES string of the molecule is O=C(/C=C/c1ccsc1)N1CC[NH+](Cc2cccc3ccccc23)CC1. The lowest BCUT2D eigenvalue weighted by molar-refractivity contribution is -0.917. The van der Waals surface area contributed by atoms with Crippen molar-refractivity contribution in [3.8, 4) is 0 Å². The summed E-state index contributed by atoms with van der Waals surface area (Å²) in [6.07, 6.45) is 3.62. The standard InChI is InChI=1S/C22H22N2OS/c25-22(9-8-18-10-15-26-17-18)24-13-11-23(12-14-24)16-20-6-3-5-19-4-1-2-7-21(19)20/h1-10,15,17H,11-14,16H2/p+1/b9-8+. The number of amides is 1. The first-order chi connectivity index (χ1) is 12.8. The molecule has 0 bridgehead atoms. The number of benzene rings is 2. The Balaban J connectivity index is 1.35. The van der Waals surface area contributed by atoms with Crippen LogP contribution in [-0.2, 0) is 11.3 Å². The van der Waals surface area contributed by atoms with E-state index in [4.69, 9.17) is 0 Å². The highest BCUT2D eigenvalue weighted by atomic mass is 32.1. The predicted octanol–water partition coefficient (Wildman–Crippen LogP) is 2.84. The van der Waals surface area contributed by atoms with Crippen molar-refractivity contribution in [1.82, 2.24) is 4.90 Å². The molecule has 1 aromatic heterocycles. The number of nitrogens with one attached hydrogen (secondary N) is 1. The van der Waals surface area contributed by atoms with Crippen LogP contribution in [0, 0.1) is 0 Å². The zero-order chi connectivity index (χ0) is 17.8. The molecule has 1 N–H and O–H groups in total. The normalized spacial score (nSPS) is 15.8. The van der Waals surface area contributed by atoms with Crippen molar-refractivity contribution in [2.45, 2.75) is 6.54 Å². The van der Waals surface area contributed by atoms with Gasteiger partial charge in [-0.3, -0.25) is 4.79 Å². The lowest BCUT2D eigenvalue weighted by atomic mass is 10.0. The third kappa shape index (κ3) is 3.87. The van der Waals surface area contributed by atoms with Crippen LogP contribution in [0.5, 0.6) is 0 Å². The van der Waals surface area contributed by atoms with E-state index < -0.39 is 0 Å². The van der Waals surface area contributed by atoms with E-state index in [1.54, 1.807) is 22.3 Å². The Morgan fingerprint density at radius 2 is 1.88 bits per heavy atom. The van der Waals surface area contributed by atoms with E-state index in [-0.39, 0.29) is 5.91 Å². The van der Waals surface area contributed by atoms with Crippen molar-refractivity contribution in [1.29, 1.82) is 0 Å². The van der Waals surface area contributed by atoms with Gasteiger partial charge in [-0.15, -0.1) is 0 Å². The van der Waals surface area contributed by atoms with Gasteiger partial charge in [0.15, 0.2) is 0 Å². The zero-order valence-electron chi connectivity index (χ0n) is 14.7. The molecule has 0 aliphatic carbocycles. The smallest absolute Gasteiger partial charge is 0.246 e. The van der Waals surface area contributed by atoms with Crippen molar-refractivity contribution < 1.29 is 9.69 Å². The molecule has 1 saturated heterocycles. The van der Waals surface area contributed by atoms with Crippen LogP contribution >= 0.6 is 11.3 Å². The highest BCUT2D eigenvalue weighted by Gasteiger charge is 2.22. The minimum absolute atomic E-state index is 0.125. The summed E-state index contributed by atoms with van der Waals surface area (Å²) < 4.78 is 0. The fraction of sp³-hybridized carbons (Fsp3) is 0.227. The van der Waals surface area contributed by atoms with E-state index in [0.29, 0.717) is 0 Å². The molecule has 2 heterocycles. The summed E-state index contributed by atoms with van der Waals surface area (Å²) >= 11 is 1.65. The number of hydrogen-bond acceptors (Lipinski definition) is 2. The van der Waals surface area contributed by atoms with Crippen LogP contribution in [0.25, 0.3) is 16.8 Å². The highest BCUT2D eigenvalue weighted by Crippen LogP contribution is 2.17. The van der Waals surface area contributed by atoms with Gasteiger partial charge in [0.25, 0.3) is 0 Å². The Kier molecular flexibility index (Phi) is 5.14. The van der Waals surface area contributed by atoms with Gasteiger partial charge in [0, 0.05) is 11.6 Å². The summed E-state index contributed by atoms with van der Waals surface area (Å²) in [6.45, 7) is 4.68. The third-order valence-electron chi connectivity index (χ3n) is 5.06. The van der Waals surface area contributed by atoms with Gasteiger partial charge in [-0.2, -0.15) is 11.3 Å². The second kappa shape index (κ2) is 7.85. The number of rotatable bonds is 4. The van der Waals surface area contributed by atoms with Crippen LogP contribution in [0.1, 0.15) is 11.1 Å². The molecule has 3 nitrogen and oxygen atoms in total. The van der Waals surface area contributed by atoms with Crippen molar-refractivity contribution in [3.63, 3.8) is 0 Å². The first-order valence-corrected chi connectivity index (χ1v) is 10.0. The molecule has 0 unspecified atom stereocenters. The van der Waals surface area contributed by atoms with E-state index in [1.165, 1.54) is 16.3 Å². The fourth-order valence-electron chi connectivity index (χ4n) is 3.58. The van der Waals surface area contributed by atoms with Gasteiger partial charge in [-0.25, -0.2) is 0 Å². The van der Waals surface area contributed by atoms with E-state index >= 15 is 0 Å². The second-order valence-corrected chi connectivity index (χ2v) is 7.56. The number of quaternary nitrogens is 1. The van der Waals surface area contributed by atoms with Crippen LogP contribution in [0.4, 0.5) is 0 Å². The molecule has 1 amide bonds. The average Bonchev–Trinajstić information content (AvgIpc) is 3.21. The summed E-state index contributed by atoms with van der Waals surface area (Å²) in [6, 6.07) is 17.2. The number of carbonyl (C=O) groups excluding carboxylic acids is 1. The van der Waals surface area contributed by atoms with Crippen LogP contribution in [-0.4, -0.2) is 37.0 Å². The molecule has 132 valence electrons. The molecule has 0 radical (unpaired) electrons. The number of thiophene rings is 1. The first-order valence-electron chi connectivity index (χ1n) is 9.09. The molecule has 3 aromatic rings. The average molecular weight is 364 g/mol. The summed E-state index contributed by atoms with van der Waals surface area (Å²) in [5, 5.41) is 6.73. The van der Waals surface area contributed by atoms with Gasteiger partial charge in [-0.05, 0) is 39.2 Å². The van der Waals surface area contributed by atoms with Crippen molar-refractivity contribution >= 4 is 34.1 Å². The quantitative estimate of drug-likeness (QED) is 0.709. The first kappa shape index (κ1) is 17.0. The van der Waals surface area contributed by atoms with Crippen LogP contribution in [0.15, 0.2) is 65.4 Å². The van der Waals surface area contributed by atoms with E-state index in [0.717, 1.165) is 38.3 Å². The van der Waals surface area contributed by atoms with Crippen LogP contribution < -0.4 is 4.90 Å². The van der Waals surface area contributed by atoms with Gasteiger partial charge >= 0.3 is 0 Å². The largest absolute Gasteiger partial charge is 0.328 e. The Morgan fingerprint density at radius 3 is 2.69 bits per heavy atom. The van der Waals surface area contributed by atoms with Gasteiger partial charge in [0.2, 0.25) is 5.91 Å². The lowest BCUT2D eigenvalue weighted by Crippen LogP contribution is -3.13. The number of carbonyl (C=O) groups is 1. The molecule has 0 saturated carbocycles. The highest BCUT2D eigenvalue weighted by molar-refractivity contribution is 7.08. The molecule has 0 atom stereocenters. The topological polar surface area (TPSA) is 24.8 Å². The molecule has 4 heteroatoms. The minimum atomic E-state index is 0.125. The van der Waals surface area contributed by atoms with Gasteiger partial charge < -0.3 is 9.80 Å². The van der Waals surface area contributed by atoms with Crippen molar-refractivity contribution in [2.24, 2.45) is 0 Å². The summed E-state index contributed by atoms with van der Waals surface area (Å²) in [4.78, 5) is 15.9. The summed E-state index contributed by atoms with van der Waals surface area (Å²) in [7, 11) is 0. The van der Waals surface area contributed by atoms with E-state index in [1.807, 2.05) is 22.4 Å². The molecule has 26 heavy (non-hydrogen) atoms. The number of fused-ring (bicyclic) bond motifs is 1. The van der Waals surface area contributed by atoms with Gasteiger partial charge in [-0.1, -0.05) is 42.5 Å². The minimum Gasteiger partial charge on any atom is -0.328 e. The van der Waals surface area contributed by atoms with Crippen LogP contribution in [0.2, 0.25) is 0 Å². The van der Waals surface area contributed by atoms with Gasteiger partial charge in [0.1, 0.15) is 6.54 Å². The van der Waals surface area contributed by atoms with Crippen molar-refractivity contribution in [3.05, 3.63) is 76.5 Å². The fourth-order valence-corrected chi connectivity index (χ4v) is 4.21. The molecular weight excluding hydrogens is 340 g/mol.